The summed E-state index contributed by atoms with van der Waals surface area (Å²) in [7, 11) is 0. The van der Waals surface area contributed by atoms with E-state index in [1.165, 1.54) is 6.92 Å². The second-order valence-electron chi connectivity index (χ2n) is 5.39. The van der Waals surface area contributed by atoms with Gasteiger partial charge < -0.3 is 45.4 Å². The standard InChI is InChI=1S/C14H25NO11/c1-6(17)13(23)26-7(2)14(24)25-4-3-15-12(22)11(21)10(20)9(19)8(18)5-16/h6-11,16-21H,3-5H2,1-2H3,(H,15,22)/t6?,7?,8-,9-,10+,11+/m1/s1. The molecule has 0 aromatic heterocycles. The minimum Gasteiger partial charge on any atom is -0.461 e. The molecule has 0 heterocycles. The maximum Gasteiger partial charge on any atom is 0.347 e. The van der Waals surface area contributed by atoms with E-state index in [9.17, 15) is 29.7 Å². The normalized spacial score (nSPS) is 18.0. The van der Waals surface area contributed by atoms with Gasteiger partial charge in [0.15, 0.2) is 12.2 Å². The molecule has 0 aliphatic heterocycles. The van der Waals surface area contributed by atoms with Crippen LogP contribution in [0.2, 0.25) is 0 Å². The second kappa shape index (κ2) is 11.7. The maximum atomic E-state index is 11.6. The molecule has 0 aromatic carbocycles. The highest BCUT2D eigenvalue weighted by Gasteiger charge is 2.34. The van der Waals surface area contributed by atoms with Crippen LogP contribution in [0.1, 0.15) is 13.8 Å². The molecular formula is C14H25NO11. The van der Waals surface area contributed by atoms with Crippen LogP contribution in [0, 0.1) is 0 Å². The van der Waals surface area contributed by atoms with Crippen LogP contribution >= 0.6 is 0 Å². The number of carbonyl (C=O) groups excluding carboxylic acids is 3. The number of rotatable bonds is 11. The molecule has 0 aromatic rings. The summed E-state index contributed by atoms with van der Waals surface area (Å²) < 4.78 is 9.28. The first kappa shape index (κ1) is 24.2. The van der Waals surface area contributed by atoms with Crippen molar-refractivity contribution in [2.24, 2.45) is 0 Å². The Balaban J connectivity index is 4.21. The second-order valence-corrected chi connectivity index (χ2v) is 5.39. The lowest BCUT2D eigenvalue weighted by atomic mass is 10.0. The van der Waals surface area contributed by atoms with Crippen molar-refractivity contribution in [3.8, 4) is 0 Å². The minimum absolute atomic E-state index is 0.274. The molecule has 0 spiro atoms. The van der Waals surface area contributed by atoms with Gasteiger partial charge in [0, 0.05) is 0 Å². The number of aliphatic hydroxyl groups is 6. The molecule has 0 saturated carbocycles. The maximum absolute atomic E-state index is 11.6. The van der Waals surface area contributed by atoms with E-state index in [0.29, 0.717) is 0 Å². The summed E-state index contributed by atoms with van der Waals surface area (Å²) in [5.74, 6) is -3.06. The molecule has 26 heavy (non-hydrogen) atoms. The number of carbonyl (C=O) groups is 3. The highest BCUT2D eigenvalue weighted by atomic mass is 16.6. The van der Waals surface area contributed by atoms with Crippen molar-refractivity contribution in [2.45, 2.75) is 50.5 Å². The van der Waals surface area contributed by atoms with Crippen LogP contribution in [0.3, 0.4) is 0 Å². The molecule has 0 aliphatic carbocycles. The van der Waals surface area contributed by atoms with E-state index in [1.807, 2.05) is 0 Å². The molecule has 152 valence electrons. The molecule has 7 N–H and O–H groups in total. The highest BCUT2D eigenvalue weighted by molar-refractivity contribution is 5.81. The van der Waals surface area contributed by atoms with Crippen LogP contribution in [-0.2, 0) is 23.9 Å². The van der Waals surface area contributed by atoms with Gasteiger partial charge >= 0.3 is 11.9 Å². The zero-order valence-corrected chi connectivity index (χ0v) is 14.3. The molecule has 0 rings (SSSR count). The molecule has 1 amide bonds. The SMILES string of the molecule is CC(O)C(=O)OC(C)C(=O)OCCNC(=O)[C@@H](O)[C@@H](O)[C@H](O)[C@H](O)CO. The van der Waals surface area contributed by atoms with Crippen LogP contribution in [-0.4, -0.2) is 105 Å². The number of ether oxygens (including phenoxy) is 2. The van der Waals surface area contributed by atoms with Gasteiger partial charge in [-0.2, -0.15) is 0 Å². The Hall–Kier alpha value is -1.83. The average molecular weight is 383 g/mol. The zero-order chi connectivity index (χ0) is 20.4. The Bertz CT molecular complexity index is 470. The number of nitrogens with one attached hydrogen (secondary N) is 1. The largest absolute Gasteiger partial charge is 0.461 e. The van der Waals surface area contributed by atoms with Gasteiger partial charge in [-0.3, -0.25) is 4.79 Å². The number of hydrogen-bond donors (Lipinski definition) is 7. The van der Waals surface area contributed by atoms with Crippen LogP contribution < -0.4 is 5.32 Å². The van der Waals surface area contributed by atoms with Crippen LogP contribution in [0.15, 0.2) is 0 Å². The zero-order valence-electron chi connectivity index (χ0n) is 14.3. The number of hydrogen-bond acceptors (Lipinski definition) is 11. The summed E-state index contributed by atoms with van der Waals surface area (Å²) in [6.45, 7) is 0.859. The summed E-state index contributed by atoms with van der Waals surface area (Å²) in [4.78, 5) is 34.2. The first-order chi connectivity index (χ1) is 12.0. The molecule has 12 heteroatoms. The Morgan fingerprint density at radius 2 is 1.54 bits per heavy atom. The van der Waals surface area contributed by atoms with E-state index >= 15 is 0 Å². The molecule has 0 bridgehead atoms. The third-order valence-corrected chi connectivity index (χ3v) is 3.13. The fourth-order valence-electron chi connectivity index (χ4n) is 1.55. The van der Waals surface area contributed by atoms with Crippen molar-refractivity contribution in [3.05, 3.63) is 0 Å². The monoisotopic (exact) mass is 383 g/mol. The van der Waals surface area contributed by atoms with E-state index < -0.39 is 61.1 Å². The van der Waals surface area contributed by atoms with E-state index in [4.69, 9.17) is 20.1 Å². The molecule has 12 nitrogen and oxygen atoms in total. The first-order valence-corrected chi connectivity index (χ1v) is 7.68. The van der Waals surface area contributed by atoms with Crippen molar-refractivity contribution >= 4 is 17.8 Å². The number of esters is 2. The minimum atomic E-state index is -2.10. The van der Waals surface area contributed by atoms with Gasteiger partial charge in [-0.05, 0) is 13.8 Å². The summed E-state index contributed by atoms with van der Waals surface area (Å²) >= 11 is 0. The molecule has 0 aliphatic rings. The van der Waals surface area contributed by atoms with E-state index in [1.54, 1.807) is 0 Å². The fourth-order valence-corrected chi connectivity index (χ4v) is 1.55. The first-order valence-electron chi connectivity index (χ1n) is 7.68. The van der Waals surface area contributed by atoms with Crippen LogP contribution in [0.5, 0.6) is 0 Å². The van der Waals surface area contributed by atoms with Gasteiger partial charge in [-0.25, -0.2) is 9.59 Å². The lowest BCUT2D eigenvalue weighted by Gasteiger charge is -2.24. The Labute approximate surface area is 149 Å². The number of aliphatic hydroxyl groups excluding tert-OH is 6. The van der Waals surface area contributed by atoms with Gasteiger partial charge in [-0.15, -0.1) is 0 Å². The Morgan fingerprint density at radius 3 is 2.04 bits per heavy atom. The predicted molar refractivity (Wildman–Crippen MR) is 82.3 cm³/mol. The summed E-state index contributed by atoms with van der Waals surface area (Å²) in [6, 6.07) is 0. The third kappa shape index (κ3) is 8.03. The van der Waals surface area contributed by atoms with Crippen LogP contribution in [0.25, 0.3) is 0 Å². The quantitative estimate of drug-likeness (QED) is 0.134. The molecule has 2 unspecified atom stereocenters. The topological polar surface area (TPSA) is 203 Å². The van der Waals surface area contributed by atoms with Gasteiger partial charge in [0.25, 0.3) is 5.91 Å². The van der Waals surface area contributed by atoms with Crippen molar-refractivity contribution in [3.63, 3.8) is 0 Å². The molecule has 0 fully saturated rings. The van der Waals surface area contributed by atoms with Gasteiger partial charge in [0.1, 0.15) is 31.0 Å². The fraction of sp³-hybridized carbons (Fsp3) is 0.786. The van der Waals surface area contributed by atoms with E-state index in [2.05, 4.69) is 10.1 Å². The Kier molecular flexibility index (Phi) is 10.9. The highest BCUT2D eigenvalue weighted by Crippen LogP contribution is 2.05. The summed E-state index contributed by atoms with van der Waals surface area (Å²) in [5.41, 5.74) is 0. The Morgan fingerprint density at radius 1 is 0.962 bits per heavy atom. The predicted octanol–water partition coefficient (Wildman–Crippen LogP) is -4.61. The van der Waals surface area contributed by atoms with Crippen molar-refractivity contribution in [2.75, 3.05) is 19.8 Å². The lowest BCUT2D eigenvalue weighted by Crippen LogP contribution is -2.52. The smallest absolute Gasteiger partial charge is 0.347 e. The van der Waals surface area contributed by atoms with E-state index in [0.717, 1.165) is 6.92 Å². The summed E-state index contributed by atoms with van der Waals surface area (Å²) in [6.07, 6.45) is -10.6. The van der Waals surface area contributed by atoms with Crippen molar-refractivity contribution < 1.29 is 54.5 Å². The molecule has 0 saturated heterocycles. The average Bonchev–Trinajstić information content (AvgIpc) is 2.61. The lowest BCUT2D eigenvalue weighted by molar-refractivity contribution is -0.171. The van der Waals surface area contributed by atoms with Gasteiger partial charge in [0.05, 0.1) is 13.2 Å². The van der Waals surface area contributed by atoms with Crippen molar-refractivity contribution in [1.82, 2.24) is 5.32 Å². The van der Waals surface area contributed by atoms with Crippen LogP contribution in [0.4, 0.5) is 0 Å². The third-order valence-electron chi connectivity index (χ3n) is 3.13. The van der Waals surface area contributed by atoms with E-state index in [-0.39, 0.29) is 13.2 Å². The number of amides is 1. The van der Waals surface area contributed by atoms with Gasteiger partial charge in [-0.1, -0.05) is 0 Å². The van der Waals surface area contributed by atoms with Gasteiger partial charge in [0.2, 0.25) is 0 Å². The van der Waals surface area contributed by atoms with Crippen molar-refractivity contribution in [1.29, 1.82) is 0 Å². The summed E-state index contributed by atoms with van der Waals surface area (Å²) in [5, 5.41) is 57.3. The molecule has 0 radical (unpaired) electrons. The molecular weight excluding hydrogens is 358 g/mol. The molecule has 6 atom stereocenters.